The quantitative estimate of drug-likeness (QED) is 0.664. The lowest BCUT2D eigenvalue weighted by Gasteiger charge is -2.18. The van der Waals surface area contributed by atoms with E-state index in [4.69, 9.17) is 9.47 Å². The number of rotatable bonds is 3. The van der Waals surface area contributed by atoms with Gasteiger partial charge in [0.15, 0.2) is 0 Å². The first-order valence-electron chi connectivity index (χ1n) is 6.79. The van der Waals surface area contributed by atoms with Crippen LogP contribution in [0, 0.1) is 0 Å². The smallest absolute Gasteiger partial charge is 0.413 e. The number of amides is 1. The Morgan fingerprint density at radius 3 is 2.52 bits per heavy atom. The Morgan fingerprint density at radius 1 is 1.29 bits per heavy atom. The largest absolute Gasteiger partial charge is 0.495 e. The minimum atomic E-state index is -0.553. The van der Waals surface area contributed by atoms with Gasteiger partial charge in [0.2, 0.25) is 5.96 Å². The molecular formula is C15H23N3O3. The predicted octanol–water partition coefficient (Wildman–Crippen LogP) is 3.01. The molecule has 0 atom stereocenters. The van der Waals surface area contributed by atoms with E-state index in [0.29, 0.717) is 24.0 Å². The number of benzene rings is 1. The molecule has 6 nitrogen and oxygen atoms in total. The Labute approximate surface area is 125 Å². The van der Waals surface area contributed by atoms with Gasteiger partial charge in [-0.25, -0.2) is 9.79 Å². The Balaban J connectivity index is 2.97. The number of methoxy groups -OCH3 is 1. The van der Waals surface area contributed by atoms with Gasteiger partial charge >= 0.3 is 6.09 Å². The van der Waals surface area contributed by atoms with Gasteiger partial charge in [0.05, 0.1) is 24.9 Å². The van der Waals surface area contributed by atoms with Crippen LogP contribution in [0.5, 0.6) is 5.75 Å². The van der Waals surface area contributed by atoms with Crippen molar-refractivity contribution in [3.05, 3.63) is 24.3 Å². The number of hydrogen-bond acceptors (Lipinski definition) is 4. The normalized spacial score (nSPS) is 11.8. The lowest BCUT2D eigenvalue weighted by molar-refractivity contribution is 0.157. The van der Waals surface area contributed by atoms with E-state index in [1.165, 1.54) is 0 Å². The first kappa shape index (κ1) is 16.8. The molecule has 1 rings (SSSR count). The number of nitrogens with one attached hydrogen (secondary N) is 2. The lowest BCUT2D eigenvalue weighted by atomic mass is 10.1. The molecule has 0 aromatic heterocycles. The van der Waals surface area contributed by atoms with E-state index in [-0.39, 0.29) is 5.54 Å². The third kappa shape index (κ3) is 6.16. The van der Waals surface area contributed by atoms with Gasteiger partial charge in [-0.05, 0) is 39.8 Å². The Morgan fingerprint density at radius 2 is 1.95 bits per heavy atom. The maximum Gasteiger partial charge on any atom is 0.413 e. The van der Waals surface area contributed by atoms with Crippen LogP contribution in [0.1, 0.15) is 27.7 Å². The molecule has 0 spiro atoms. The van der Waals surface area contributed by atoms with Crippen molar-refractivity contribution in [2.24, 2.45) is 4.99 Å². The lowest BCUT2D eigenvalue weighted by Crippen LogP contribution is -2.38. The molecular weight excluding hydrogens is 270 g/mol. The summed E-state index contributed by atoms with van der Waals surface area (Å²) in [4.78, 5) is 16.0. The van der Waals surface area contributed by atoms with E-state index in [1.54, 1.807) is 14.0 Å². The van der Waals surface area contributed by atoms with E-state index in [0.717, 1.165) is 0 Å². The highest BCUT2D eigenvalue weighted by Crippen LogP contribution is 2.23. The molecule has 0 aliphatic carbocycles. The topological polar surface area (TPSA) is 72.0 Å². The summed E-state index contributed by atoms with van der Waals surface area (Å²) in [5, 5.41) is 5.65. The number of guanidine groups is 1. The second kappa shape index (κ2) is 7.52. The van der Waals surface area contributed by atoms with Crippen molar-refractivity contribution in [1.82, 2.24) is 5.32 Å². The van der Waals surface area contributed by atoms with Gasteiger partial charge in [0, 0.05) is 0 Å². The second-order valence-electron chi connectivity index (χ2n) is 5.30. The molecule has 6 heteroatoms. The van der Waals surface area contributed by atoms with Crippen LogP contribution in [-0.4, -0.2) is 31.3 Å². The summed E-state index contributed by atoms with van der Waals surface area (Å²) in [6, 6.07) is 7.39. The van der Waals surface area contributed by atoms with Crippen LogP contribution < -0.4 is 15.4 Å². The summed E-state index contributed by atoms with van der Waals surface area (Å²) in [6.45, 7) is 7.84. The van der Waals surface area contributed by atoms with Gasteiger partial charge in [-0.1, -0.05) is 12.1 Å². The molecule has 0 saturated carbocycles. The van der Waals surface area contributed by atoms with Crippen molar-refractivity contribution in [2.45, 2.75) is 33.2 Å². The number of carbonyl (C=O) groups is 1. The van der Waals surface area contributed by atoms with Crippen molar-refractivity contribution in [2.75, 3.05) is 19.0 Å². The minimum Gasteiger partial charge on any atom is -0.495 e. The molecule has 1 amide bonds. The van der Waals surface area contributed by atoms with Gasteiger partial charge in [0.1, 0.15) is 5.75 Å². The fraction of sp³-hybridized carbons (Fsp3) is 0.467. The molecule has 116 valence electrons. The van der Waals surface area contributed by atoms with Crippen LogP contribution in [0.15, 0.2) is 29.3 Å². The van der Waals surface area contributed by atoms with Gasteiger partial charge in [-0.15, -0.1) is 0 Å². The zero-order chi connectivity index (χ0) is 15.9. The zero-order valence-corrected chi connectivity index (χ0v) is 13.2. The van der Waals surface area contributed by atoms with Gasteiger partial charge in [-0.3, -0.25) is 5.32 Å². The standard InChI is InChI=1S/C15H23N3O3/c1-6-21-14(19)17-13(18-15(2,3)4)16-11-9-7-8-10-12(11)20-5/h7-10H,6H2,1-5H3,(H2,16,17,18,19). The number of nitrogens with zero attached hydrogens (tertiary/aromatic N) is 1. The summed E-state index contributed by atoms with van der Waals surface area (Å²) in [7, 11) is 1.58. The molecule has 0 unspecified atom stereocenters. The third-order valence-corrected chi connectivity index (χ3v) is 2.30. The molecule has 0 aliphatic heterocycles. The fourth-order valence-electron chi connectivity index (χ4n) is 1.56. The Hall–Kier alpha value is -2.24. The molecule has 0 aliphatic rings. The van der Waals surface area contributed by atoms with Gasteiger partial charge in [0.25, 0.3) is 0 Å². The minimum absolute atomic E-state index is 0.295. The molecule has 21 heavy (non-hydrogen) atoms. The predicted molar refractivity (Wildman–Crippen MR) is 84.0 cm³/mol. The number of carbonyl (C=O) groups excluding carboxylic acids is 1. The molecule has 0 heterocycles. The van der Waals surface area contributed by atoms with Gasteiger partial charge < -0.3 is 14.8 Å². The molecule has 0 fully saturated rings. The number of anilines is 1. The zero-order valence-electron chi connectivity index (χ0n) is 13.2. The summed E-state index contributed by atoms with van der Waals surface area (Å²) >= 11 is 0. The van der Waals surface area contributed by atoms with Crippen LogP contribution in [0.4, 0.5) is 10.5 Å². The second-order valence-corrected chi connectivity index (χ2v) is 5.30. The van der Waals surface area contributed by atoms with Crippen LogP contribution >= 0.6 is 0 Å². The van der Waals surface area contributed by atoms with Crippen LogP contribution in [0.2, 0.25) is 0 Å². The maximum absolute atomic E-state index is 11.6. The summed E-state index contributed by atoms with van der Waals surface area (Å²) < 4.78 is 10.1. The SMILES string of the molecule is CCOC(=O)NC(=NC(C)(C)C)Nc1ccccc1OC. The molecule has 2 N–H and O–H groups in total. The highest BCUT2D eigenvalue weighted by Gasteiger charge is 2.14. The summed E-state index contributed by atoms with van der Waals surface area (Å²) in [6.07, 6.45) is -0.553. The van der Waals surface area contributed by atoms with Crippen molar-refractivity contribution in [1.29, 1.82) is 0 Å². The average Bonchev–Trinajstić information content (AvgIpc) is 2.37. The number of hydrogen-bond donors (Lipinski definition) is 2. The van der Waals surface area contributed by atoms with E-state index < -0.39 is 6.09 Å². The van der Waals surface area contributed by atoms with E-state index in [1.807, 2.05) is 45.0 Å². The Kier molecular flexibility index (Phi) is 6.02. The van der Waals surface area contributed by atoms with Crippen molar-refractivity contribution >= 4 is 17.7 Å². The first-order chi connectivity index (χ1) is 9.85. The number of alkyl carbamates (subject to hydrolysis) is 1. The molecule has 1 aromatic rings. The molecule has 0 radical (unpaired) electrons. The van der Waals surface area contributed by atoms with E-state index in [9.17, 15) is 4.79 Å². The average molecular weight is 293 g/mol. The highest BCUT2D eigenvalue weighted by molar-refractivity contribution is 6.03. The van der Waals surface area contributed by atoms with E-state index in [2.05, 4.69) is 15.6 Å². The van der Waals surface area contributed by atoms with Crippen LogP contribution in [-0.2, 0) is 4.74 Å². The number of para-hydroxylation sites is 2. The summed E-state index contributed by atoms with van der Waals surface area (Å²) in [5.74, 6) is 0.968. The van der Waals surface area contributed by atoms with E-state index >= 15 is 0 Å². The monoisotopic (exact) mass is 293 g/mol. The van der Waals surface area contributed by atoms with Crippen molar-refractivity contribution in [3.63, 3.8) is 0 Å². The Bertz CT molecular complexity index is 507. The number of aliphatic imine (C=N–C) groups is 1. The molecule has 0 saturated heterocycles. The maximum atomic E-state index is 11.6. The van der Waals surface area contributed by atoms with Crippen molar-refractivity contribution < 1.29 is 14.3 Å². The number of ether oxygens (including phenoxy) is 2. The first-order valence-corrected chi connectivity index (χ1v) is 6.79. The fourth-order valence-corrected chi connectivity index (χ4v) is 1.56. The van der Waals surface area contributed by atoms with Gasteiger partial charge in [-0.2, -0.15) is 0 Å². The summed E-state index contributed by atoms with van der Waals surface area (Å²) in [5.41, 5.74) is 0.351. The highest BCUT2D eigenvalue weighted by atomic mass is 16.5. The third-order valence-electron chi connectivity index (χ3n) is 2.30. The van der Waals surface area contributed by atoms with Crippen LogP contribution in [0.25, 0.3) is 0 Å². The van der Waals surface area contributed by atoms with Crippen LogP contribution in [0.3, 0.4) is 0 Å². The molecule has 1 aromatic carbocycles. The molecule has 0 bridgehead atoms. The van der Waals surface area contributed by atoms with Crippen molar-refractivity contribution in [3.8, 4) is 5.75 Å².